The molecule has 0 amide bonds. The zero-order chi connectivity index (χ0) is 36.7. The van der Waals surface area contributed by atoms with E-state index in [9.17, 15) is 22.8 Å². The third-order valence-electron chi connectivity index (χ3n) is 8.52. The number of benzene rings is 2. The van der Waals surface area contributed by atoms with Gasteiger partial charge in [0.1, 0.15) is 5.56 Å². The molecule has 2 aromatic carbocycles. The number of esters is 2. The molecule has 2 unspecified atom stereocenters. The number of carbonyl (C=O) groups excluding carboxylic acids is 2. The maximum absolute atomic E-state index is 15.2. The molecule has 276 valence electrons. The lowest BCUT2D eigenvalue weighted by atomic mass is 9.89. The molecule has 2 aromatic rings. The van der Waals surface area contributed by atoms with Gasteiger partial charge in [0.15, 0.2) is 23.3 Å². The largest absolute Gasteiger partial charge is 0.449 e. The van der Waals surface area contributed by atoms with Crippen molar-refractivity contribution >= 4 is 17.5 Å². The summed E-state index contributed by atoms with van der Waals surface area (Å²) in [6, 6.07) is 9.10. The Morgan fingerprint density at radius 1 is 0.780 bits per heavy atom. The molecule has 0 spiro atoms. The molecule has 5 nitrogen and oxygen atoms in total. The van der Waals surface area contributed by atoms with E-state index in [-0.39, 0.29) is 19.4 Å². The van der Waals surface area contributed by atoms with Crippen LogP contribution in [0, 0.1) is 23.3 Å². The Labute approximate surface area is 288 Å². The molecule has 12 heteroatoms. The van der Waals surface area contributed by atoms with Crippen molar-refractivity contribution in [1.29, 1.82) is 0 Å². The van der Waals surface area contributed by atoms with Crippen LogP contribution in [0.3, 0.4) is 0 Å². The Morgan fingerprint density at radius 2 is 1.34 bits per heavy atom. The highest BCUT2D eigenvalue weighted by Gasteiger charge is 2.45. The summed E-state index contributed by atoms with van der Waals surface area (Å²) in [4.78, 5) is 26.0. The molecule has 0 heterocycles. The SMILES string of the molecule is CCCCCCCCCCOC1(C(=O)Oc2c(F)c(F)c(C(=O)OC(CCCCCC)C(F)(F)F)c(F)c2F)C=CC(c2ccccc2)=CC1. The summed E-state index contributed by atoms with van der Waals surface area (Å²) in [6.07, 6.45) is 5.31. The number of allylic oxidation sites excluding steroid dienone is 2. The average molecular weight is 715 g/mol. The van der Waals surface area contributed by atoms with Crippen LogP contribution in [0.2, 0.25) is 0 Å². The first kappa shape index (κ1) is 40.8. The molecule has 0 fully saturated rings. The Bertz CT molecular complexity index is 1440. The standard InChI is InChI=1S/C38H45F7O5/c1-3-5-7-9-10-11-12-17-25-48-37(23-21-27(22-24-37)26-18-14-13-15-19-26)36(47)50-34-32(41)30(39)29(31(40)33(34)42)35(46)49-28(38(43,44)45)20-16-8-6-4-2/h13-15,18-19,21-23,28H,3-12,16-17,20,24-25H2,1-2H3. The number of hydrogen-bond donors (Lipinski definition) is 0. The van der Waals surface area contributed by atoms with Gasteiger partial charge in [0.25, 0.3) is 0 Å². The molecule has 0 saturated heterocycles. The van der Waals surface area contributed by atoms with E-state index < -0.39 is 70.8 Å². The number of ether oxygens (including phenoxy) is 3. The Hall–Kier alpha value is -3.67. The van der Waals surface area contributed by atoms with Crippen molar-refractivity contribution in [2.45, 2.75) is 122 Å². The summed E-state index contributed by atoms with van der Waals surface area (Å²) < 4.78 is 116. The molecule has 50 heavy (non-hydrogen) atoms. The van der Waals surface area contributed by atoms with Gasteiger partial charge in [-0.3, -0.25) is 0 Å². The van der Waals surface area contributed by atoms with Crippen LogP contribution in [-0.2, 0) is 14.3 Å². The lowest BCUT2D eigenvalue weighted by Crippen LogP contribution is -2.44. The average Bonchev–Trinajstić information content (AvgIpc) is 3.10. The fraction of sp³-hybridized carbons (Fsp3) is 0.526. The summed E-state index contributed by atoms with van der Waals surface area (Å²) >= 11 is 0. The molecular weight excluding hydrogens is 669 g/mol. The fourth-order valence-corrected chi connectivity index (χ4v) is 5.57. The minimum atomic E-state index is -5.10. The minimum Gasteiger partial charge on any atom is -0.449 e. The van der Waals surface area contributed by atoms with Gasteiger partial charge in [-0.05, 0) is 36.5 Å². The summed E-state index contributed by atoms with van der Waals surface area (Å²) in [5.74, 6) is -14.8. The summed E-state index contributed by atoms with van der Waals surface area (Å²) in [7, 11) is 0. The highest BCUT2D eigenvalue weighted by atomic mass is 19.4. The van der Waals surface area contributed by atoms with Crippen molar-refractivity contribution in [3.8, 4) is 5.75 Å². The predicted octanol–water partition coefficient (Wildman–Crippen LogP) is 11.1. The van der Waals surface area contributed by atoms with Gasteiger partial charge >= 0.3 is 18.1 Å². The first-order valence-corrected chi connectivity index (χ1v) is 17.3. The van der Waals surface area contributed by atoms with Crippen LogP contribution in [0.15, 0.2) is 48.6 Å². The number of rotatable bonds is 20. The third-order valence-corrected chi connectivity index (χ3v) is 8.52. The first-order valence-electron chi connectivity index (χ1n) is 17.3. The Balaban J connectivity index is 1.81. The Kier molecular flexibility index (Phi) is 16.0. The van der Waals surface area contributed by atoms with E-state index in [1.165, 1.54) is 6.08 Å². The van der Waals surface area contributed by atoms with Crippen LogP contribution < -0.4 is 4.74 Å². The first-order chi connectivity index (χ1) is 23.9. The predicted molar refractivity (Wildman–Crippen MR) is 175 cm³/mol. The molecule has 0 aromatic heterocycles. The minimum absolute atomic E-state index is 0.0206. The van der Waals surface area contributed by atoms with Crippen molar-refractivity contribution in [3.63, 3.8) is 0 Å². The lowest BCUT2D eigenvalue weighted by molar-refractivity contribution is -0.206. The fourth-order valence-electron chi connectivity index (χ4n) is 5.57. The molecule has 3 rings (SSSR count). The van der Waals surface area contributed by atoms with E-state index in [0.29, 0.717) is 31.3 Å². The molecule has 1 aliphatic rings. The van der Waals surface area contributed by atoms with E-state index in [2.05, 4.69) is 11.7 Å². The van der Waals surface area contributed by atoms with E-state index in [1.807, 2.05) is 37.3 Å². The molecule has 0 saturated carbocycles. The smallest absolute Gasteiger partial charge is 0.425 e. The summed E-state index contributed by atoms with van der Waals surface area (Å²) in [5.41, 5.74) is -2.42. The zero-order valence-corrected chi connectivity index (χ0v) is 28.5. The number of halogens is 7. The monoisotopic (exact) mass is 714 g/mol. The quantitative estimate of drug-likeness (QED) is 0.0449. The van der Waals surface area contributed by atoms with Crippen LogP contribution >= 0.6 is 0 Å². The Morgan fingerprint density at radius 3 is 1.88 bits per heavy atom. The maximum Gasteiger partial charge on any atom is 0.425 e. The lowest BCUT2D eigenvalue weighted by Gasteiger charge is -2.30. The van der Waals surface area contributed by atoms with Crippen LogP contribution in [0.1, 0.15) is 120 Å². The second-order valence-electron chi connectivity index (χ2n) is 12.4. The van der Waals surface area contributed by atoms with Crippen LogP contribution in [-0.4, -0.2) is 36.4 Å². The summed E-state index contributed by atoms with van der Waals surface area (Å²) in [5, 5.41) is 0. The molecule has 1 aliphatic carbocycles. The second kappa shape index (κ2) is 19.7. The second-order valence-corrected chi connectivity index (χ2v) is 12.4. The topological polar surface area (TPSA) is 61.8 Å². The highest BCUT2D eigenvalue weighted by molar-refractivity contribution is 5.91. The van der Waals surface area contributed by atoms with Gasteiger partial charge in [-0.1, -0.05) is 121 Å². The van der Waals surface area contributed by atoms with E-state index in [0.717, 1.165) is 50.5 Å². The van der Waals surface area contributed by atoms with Crippen LogP contribution in [0.25, 0.3) is 5.57 Å². The molecular formula is C38H45F7O5. The van der Waals surface area contributed by atoms with Crippen LogP contribution in [0.5, 0.6) is 5.75 Å². The van der Waals surface area contributed by atoms with Gasteiger partial charge in [0, 0.05) is 13.0 Å². The maximum atomic E-state index is 15.2. The van der Waals surface area contributed by atoms with Gasteiger partial charge < -0.3 is 14.2 Å². The van der Waals surface area contributed by atoms with Gasteiger partial charge in [-0.15, -0.1) is 0 Å². The summed E-state index contributed by atoms with van der Waals surface area (Å²) in [6.45, 7) is 4.01. The molecule has 0 aliphatic heterocycles. The molecule has 0 N–H and O–H groups in total. The van der Waals surface area contributed by atoms with Gasteiger partial charge in [0.2, 0.25) is 17.4 Å². The van der Waals surface area contributed by atoms with Crippen molar-refractivity contribution in [2.24, 2.45) is 0 Å². The van der Waals surface area contributed by atoms with Crippen LogP contribution in [0.4, 0.5) is 30.7 Å². The molecule has 0 radical (unpaired) electrons. The van der Waals surface area contributed by atoms with Gasteiger partial charge in [-0.25, -0.2) is 18.4 Å². The van der Waals surface area contributed by atoms with Gasteiger partial charge in [0.05, 0.1) is 0 Å². The zero-order valence-electron chi connectivity index (χ0n) is 28.5. The van der Waals surface area contributed by atoms with Crippen molar-refractivity contribution in [3.05, 3.63) is 83.0 Å². The van der Waals surface area contributed by atoms with Crippen molar-refractivity contribution in [2.75, 3.05) is 6.61 Å². The molecule has 2 atom stereocenters. The van der Waals surface area contributed by atoms with E-state index in [4.69, 9.17) is 9.47 Å². The van der Waals surface area contributed by atoms with E-state index >= 15 is 17.6 Å². The number of hydrogen-bond acceptors (Lipinski definition) is 5. The number of unbranched alkanes of at least 4 members (excludes halogenated alkanes) is 10. The van der Waals surface area contributed by atoms with E-state index in [1.54, 1.807) is 12.2 Å². The third kappa shape index (κ3) is 11.2. The highest BCUT2D eigenvalue weighted by Crippen LogP contribution is 2.36. The normalized spacial score (nSPS) is 16.6. The van der Waals surface area contributed by atoms with Crippen molar-refractivity contribution in [1.82, 2.24) is 0 Å². The van der Waals surface area contributed by atoms with Crippen molar-refractivity contribution < 1.29 is 54.5 Å². The van der Waals surface area contributed by atoms with Gasteiger partial charge in [-0.2, -0.15) is 22.0 Å². The molecule has 0 bridgehead atoms. The number of alkyl halides is 3. The number of carbonyl (C=O) groups is 2.